The van der Waals surface area contributed by atoms with Gasteiger partial charge in [-0.1, -0.05) is 46.3 Å². The van der Waals surface area contributed by atoms with Crippen LogP contribution < -0.4 is 16.0 Å². The van der Waals surface area contributed by atoms with Crippen molar-refractivity contribution in [3.8, 4) is 17.0 Å². The molecule has 2 aromatic heterocycles. The standard InChI is InChI=1S/C24H22BrN3O4/c1-26-20-18(23(29)27(2)24(26)30)19(14-8-10-15(25)11-9-14)28-12-13-32-22(21(20)28)16-6-4-5-7-17(16)31-3/h4-11,22H,12-13H2,1-3H3. The minimum absolute atomic E-state index is 0.318. The fourth-order valence-corrected chi connectivity index (χ4v) is 4.87. The first-order valence-electron chi connectivity index (χ1n) is 10.3. The van der Waals surface area contributed by atoms with Crippen LogP contribution in [-0.4, -0.2) is 27.4 Å². The number of ether oxygens (including phenoxy) is 2. The molecule has 3 heterocycles. The van der Waals surface area contributed by atoms with Gasteiger partial charge in [-0.05, 0) is 23.8 Å². The smallest absolute Gasteiger partial charge is 0.331 e. The molecular weight excluding hydrogens is 474 g/mol. The van der Waals surface area contributed by atoms with Gasteiger partial charge in [-0.25, -0.2) is 4.79 Å². The van der Waals surface area contributed by atoms with E-state index in [1.54, 1.807) is 18.7 Å². The second-order valence-electron chi connectivity index (χ2n) is 7.81. The maximum Gasteiger partial charge on any atom is 0.331 e. The number of benzene rings is 2. The van der Waals surface area contributed by atoms with Crippen molar-refractivity contribution in [2.24, 2.45) is 14.1 Å². The fourth-order valence-electron chi connectivity index (χ4n) is 4.61. The number of rotatable bonds is 3. The Morgan fingerprint density at radius 3 is 2.47 bits per heavy atom. The molecule has 5 rings (SSSR count). The predicted molar refractivity (Wildman–Crippen MR) is 126 cm³/mol. The Bertz CT molecular complexity index is 1460. The first kappa shape index (κ1) is 20.8. The molecule has 4 aromatic rings. The van der Waals surface area contributed by atoms with Crippen LogP contribution in [0.25, 0.3) is 22.2 Å². The van der Waals surface area contributed by atoms with E-state index in [1.807, 2.05) is 48.5 Å². The van der Waals surface area contributed by atoms with Crippen molar-refractivity contribution in [2.75, 3.05) is 13.7 Å². The highest BCUT2D eigenvalue weighted by atomic mass is 79.9. The molecular formula is C24H22BrN3O4. The molecule has 0 spiro atoms. The number of fused-ring (bicyclic) bond motifs is 3. The van der Waals surface area contributed by atoms with Crippen LogP contribution in [0.3, 0.4) is 0 Å². The lowest BCUT2D eigenvalue weighted by Crippen LogP contribution is -2.37. The summed E-state index contributed by atoms with van der Waals surface area (Å²) >= 11 is 3.48. The second-order valence-corrected chi connectivity index (χ2v) is 8.73. The number of aromatic nitrogens is 3. The molecule has 0 fully saturated rings. The molecule has 8 heteroatoms. The number of hydrogen-bond acceptors (Lipinski definition) is 4. The lowest BCUT2D eigenvalue weighted by molar-refractivity contribution is 0.0464. The van der Waals surface area contributed by atoms with Crippen LogP contribution in [0.1, 0.15) is 17.4 Å². The maximum atomic E-state index is 13.4. The van der Waals surface area contributed by atoms with Gasteiger partial charge in [0.15, 0.2) is 0 Å². The average Bonchev–Trinajstić information content (AvgIpc) is 3.17. The molecule has 0 N–H and O–H groups in total. The summed E-state index contributed by atoms with van der Waals surface area (Å²) in [4.78, 5) is 26.3. The Balaban J connectivity index is 1.94. The van der Waals surface area contributed by atoms with Crippen LogP contribution in [-0.2, 0) is 25.4 Å². The summed E-state index contributed by atoms with van der Waals surface area (Å²) < 4.78 is 17.6. The molecule has 0 radical (unpaired) electrons. The van der Waals surface area contributed by atoms with Crippen LogP contribution in [0.15, 0.2) is 62.6 Å². The number of methoxy groups -OCH3 is 1. The van der Waals surface area contributed by atoms with E-state index in [0.717, 1.165) is 31.6 Å². The van der Waals surface area contributed by atoms with Gasteiger partial charge >= 0.3 is 5.69 Å². The number of halogens is 1. The number of hydrogen-bond donors (Lipinski definition) is 0. The summed E-state index contributed by atoms with van der Waals surface area (Å²) in [6, 6.07) is 15.5. The Hall–Kier alpha value is -3.10. The van der Waals surface area contributed by atoms with Crippen molar-refractivity contribution in [2.45, 2.75) is 12.6 Å². The van der Waals surface area contributed by atoms with Crippen molar-refractivity contribution in [1.29, 1.82) is 0 Å². The molecule has 1 atom stereocenters. The predicted octanol–water partition coefficient (Wildman–Crippen LogP) is 3.60. The average molecular weight is 496 g/mol. The summed E-state index contributed by atoms with van der Waals surface area (Å²) in [6.07, 6.45) is -0.482. The monoisotopic (exact) mass is 495 g/mol. The molecule has 1 unspecified atom stereocenters. The number of nitrogens with zero attached hydrogens (tertiary/aromatic N) is 3. The van der Waals surface area contributed by atoms with Crippen molar-refractivity contribution in [3.63, 3.8) is 0 Å². The van der Waals surface area contributed by atoms with Crippen LogP contribution in [0.5, 0.6) is 5.75 Å². The highest BCUT2D eigenvalue weighted by molar-refractivity contribution is 9.10. The van der Waals surface area contributed by atoms with E-state index in [1.165, 1.54) is 7.05 Å². The largest absolute Gasteiger partial charge is 0.496 e. The lowest BCUT2D eigenvalue weighted by atomic mass is 10.0. The van der Waals surface area contributed by atoms with Crippen LogP contribution in [0, 0.1) is 0 Å². The quantitative estimate of drug-likeness (QED) is 0.435. The van der Waals surface area contributed by atoms with E-state index in [4.69, 9.17) is 9.47 Å². The molecule has 0 saturated heterocycles. The Kier molecular flexibility index (Phi) is 5.06. The topological polar surface area (TPSA) is 67.4 Å². The summed E-state index contributed by atoms with van der Waals surface area (Å²) in [5.41, 5.74) is 3.23. The minimum Gasteiger partial charge on any atom is -0.496 e. The molecule has 1 aliphatic rings. The third kappa shape index (κ3) is 2.97. The van der Waals surface area contributed by atoms with Crippen LogP contribution >= 0.6 is 15.9 Å². The second kappa shape index (κ2) is 7.79. The van der Waals surface area contributed by atoms with Gasteiger partial charge in [0.05, 0.1) is 36.0 Å². The Labute approximate surface area is 192 Å². The zero-order chi connectivity index (χ0) is 22.6. The van der Waals surface area contributed by atoms with E-state index in [9.17, 15) is 9.59 Å². The van der Waals surface area contributed by atoms with Gasteiger partial charge in [0, 0.05) is 30.7 Å². The van der Waals surface area contributed by atoms with Gasteiger partial charge in [-0.15, -0.1) is 0 Å². The fraction of sp³-hybridized carbons (Fsp3) is 0.250. The Morgan fingerprint density at radius 2 is 1.75 bits per heavy atom. The van der Waals surface area contributed by atoms with Gasteiger partial charge < -0.3 is 14.0 Å². The summed E-state index contributed by atoms with van der Waals surface area (Å²) in [7, 11) is 4.84. The minimum atomic E-state index is -0.482. The zero-order valence-corrected chi connectivity index (χ0v) is 19.5. The molecule has 0 bridgehead atoms. The highest BCUT2D eigenvalue weighted by Crippen LogP contribution is 2.42. The van der Waals surface area contributed by atoms with E-state index < -0.39 is 6.10 Å². The molecule has 7 nitrogen and oxygen atoms in total. The van der Waals surface area contributed by atoms with Crippen LogP contribution in [0.4, 0.5) is 0 Å². The Morgan fingerprint density at radius 1 is 1.03 bits per heavy atom. The van der Waals surface area contributed by atoms with E-state index in [-0.39, 0.29) is 11.2 Å². The van der Waals surface area contributed by atoms with Crippen molar-refractivity contribution >= 4 is 26.8 Å². The van der Waals surface area contributed by atoms with Gasteiger partial charge in [-0.3, -0.25) is 13.9 Å². The first-order chi connectivity index (χ1) is 15.4. The zero-order valence-electron chi connectivity index (χ0n) is 18.0. The van der Waals surface area contributed by atoms with Gasteiger partial charge in [0.2, 0.25) is 0 Å². The molecule has 0 amide bonds. The SMILES string of the molecule is COc1ccccc1C1OCCn2c(-c3ccc(Br)cc3)c3c(=O)n(C)c(=O)n(C)c3c21. The molecule has 1 aliphatic heterocycles. The van der Waals surface area contributed by atoms with Crippen molar-refractivity contribution in [1.82, 2.24) is 13.7 Å². The number of aryl methyl sites for hydroxylation is 1. The van der Waals surface area contributed by atoms with Gasteiger partial charge in [0.25, 0.3) is 5.56 Å². The molecule has 2 aromatic carbocycles. The van der Waals surface area contributed by atoms with Crippen molar-refractivity contribution < 1.29 is 9.47 Å². The summed E-state index contributed by atoms with van der Waals surface area (Å²) in [5.74, 6) is 0.694. The molecule has 0 aliphatic carbocycles. The molecule has 32 heavy (non-hydrogen) atoms. The molecule has 0 saturated carbocycles. The summed E-state index contributed by atoms with van der Waals surface area (Å²) in [6.45, 7) is 1.03. The summed E-state index contributed by atoms with van der Waals surface area (Å²) in [5, 5.41) is 0.511. The third-order valence-corrected chi connectivity index (χ3v) is 6.62. The van der Waals surface area contributed by atoms with Crippen molar-refractivity contribution in [3.05, 3.63) is 85.1 Å². The highest BCUT2D eigenvalue weighted by Gasteiger charge is 2.34. The first-order valence-corrected chi connectivity index (χ1v) is 11.1. The van der Waals surface area contributed by atoms with E-state index in [2.05, 4.69) is 20.5 Å². The van der Waals surface area contributed by atoms with E-state index >= 15 is 0 Å². The maximum absolute atomic E-state index is 13.4. The lowest BCUT2D eigenvalue weighted by Gasteiger charge is -2.28. The van der Waals surface area contributed by atoms with Crippen LogP contribution in [0.2, 0.25) is 0 Å². The van der Waals surface area contributed by atoms with Gasteiger partial charge in [-0.2, -0.15) is 0 Å². The third-order valence-electron chi connectivity index (χ3n) is 6.09. The van der Waals surface area contributed by atoms with Gasteiger partial charge in [0.1, 0.15) is 11.9 Å². The number of para-hydroxylation sites is 1. The normalized spacial score (nSPS) is 15.7. The molecule has 164 valence electrons. The van der Waals surface area contributed by atoms with E-state index in [0.29, 0.717) is 29.8 Å².